The predicted octanol–water partition coefficient (Wildman–Crippen LogP) is 3.79. The van der Waals surface area contributed by atoms with Gasteiger partial charge >= 0.3 is 0 Å². The molecule has 0 aliphatic rings. The van der Waals surface area contributed by atoms with Crippen LogP contribution in [0.25, 0.3) is 0 Å². The maximum absolute atomic E-state index is 9.48. The molecule has 0 aliphatic heterocycles. The lowest BCUT2D eigenvalue weighted by Gasteiger charge is -2.20. The van der Waals surface area contributed by atoms with Gasteiger partial charge < -0.3 is 15.3 Å². The normalized spacial score (nSPS) is 10.5. The molecule has 0 unspecified atom stereocenters. The Hall–Kier alpha value is -2.16. The van der Waals surface area contributed by atoms with Crippen LogP contribution in [0.1, 0.15) is 26.3 Å². The van der Waals surface area contributed by atoms with Gasteiger partial charge in [-0.25, -0.2) is 0 Å². The molecule has 0 heterocycles. The molecule has 0 atom stereocenters. The van der Waals surface area contributed by atoms with Gasteiger partial charge in [0.2, 0.25) is 0 Å². The van der Waals surface area contributed by atoms with Crippen LogP contribution < -0.4 is 0 Å². The molecule has 3 heteroatoms. The first kappa shape index (κ1) is 14.9. The quantitative estimate of drug-likeness (QED) is 0.632. The molecule has 2 aromatic carbocycles. The highest BCUT2D eigenvalue weighted by Crippen LogP contribution is 2.36. The van der Waals surface area contributed by atoms with Crippen molar-refractivity contribution in [3.63, 3.8) is 0 Å². The van der Waals surface area contributed by atoms with E-state index < -0.39 is 0 Å². The summed E-state index contributed by atoms with van der Waals surface area (Å²) in [5.74, 6) is 0.259. The standard InChI is InChI=1S/C10H14O2.C6H6O/c1-10(2,3)7-5-4-6-8(11)9(7)12;7-6-4-2-1-3-5-6/h4-6,11-12H,1-3H3;1-5,7H. The molecule has 3 nitrogen and oxygen atoms in total. The Labute approximate surface area is 113 Å². The van der Waals surface area contributed by atoms with E-state index in [9.17, 15) is 10.2 Å². The fourth-order valence-electron chi connectivity index (χ4n) is 1.56. The van der Waals surface area contributed by atoms with E-state index in [0.717, 1.165) is 5.56 Å². The number of hydrogen-bond acceptors (Lipinski definition) is 3. The largest absolute Gasteiger partial charge is 0.508 e. The number of phenolic OH excluding ortho intramolecular Hbond substituents is 3. The van der Waals surface area contributed by atoms with Crippen molar-refractivity contribution in [1.29, 1.82) is 0 Å². The fraction of sp³-hybridized carbons (Fsp3) is 0.250. The average molecular weight is 260 g/mol. The van der Waals surface area contributed by atoms with Crippen LogP contribution in [0.3, 0.4) is 0 Å². The Balaban J connectivity index is 0.000000218. The van der Waals surface area contributed by atoms with Crippen molar-refractivity contribution in [2.24, 2.45) is 0 Å². The van der Waals surface area contributed by atoms with Crippen LogP contribution in [0, 0.1) is 0 Å². The summed E-state index contributed by atoms with van der Waals surface area (Å²) in [6.07, 6.45) is 0. The molecule has 0 saturated carbocycles. The van der Waals surface area contributed by atoms with E-state index in [4.69, 9.17) is 5.11 Å². The Morgan fingerprint density at radius 2 is 1.32 bits per heavy atom. The van der Waals surface area contributed by atoms with Crippen molar-refractivity contribution in [3.8, 4) is 17.2 Å². The first-order chi connectivity index (χ1) is 8.82. The number of hydrogen-bond donors (Lipinski definition) is 3. The molecular formula is C16H20O3. The highest BCUT2D eigenvalue weighted by Gasteiger charge is 2.19. The highest BCUT2D eigenvalue weighted by atomic mass is 16.3. The first-order valence-electron chi connectivity index (χ1n) is 6.08. The lowest BCUT2D eigenvalue weighted by Crippen LogP contribution is -2.10. The zero-order valence-electron chi connectivity index (χ0n) is 11.5. The van der Waals surface area contributed by atoms with Gasteiger partial charge in [-0.15, -0.1) is 0 Å². The smallest absolute Gasteiger partial charge is 0.161 e. The van der Waals surface area contributed by atoms with Crippen molar-refractivity contribution < 1.29 is 15.3 Å². The predicted molar refractivity (Wildman–Crippen MR) is 76.6 cm³/mol. The van der Waals surface area contributed by atoms with E-state index in [1.807, 2.05) is 32.9 Å². The van der Waals surface area contributed by atoms with Crippen LogP contribution in [0.2, 0.25) is 0 Å². The minimum atomic E-state index is -0.136. The summed E-state index contributed by atoms with van der Waals surface area (Å²) in [4.78, 5) is 0. The zero-order valence-corrected chi connectivity index (χ0v) is 11.5. The second-order valence-corrected chi connectivity index (χ2v) is 5.26. The van der Waals surface area contributed by atoms with E-state index in [1.54, 1.807) is 30.3 Å². The van der Waals surface area contributed by atoms with Crippen molar-refractivity contribution in [3.05, 3.63) is 54.1 Å². The molecule has 3 N–H and O–H groups in total. The van der Waals surface area contributed by atoms with E-state index in [2.05, 4.69) is 0 Å². The second-order valence-electron chi connectivity index (χ2n) is 5.26. The number of phenols is 3. The molecule has 102 valence electrons. The van der Waals surface area contributed by atoms with E-state index in [0.29, 0.717) is 5.75 Å². The first-order valence-corrected chi connectivity index (χ1v) is 6.08. The maximum Gasteiger partial charge on any atom is 0.161 e. The van der Waals surface area contributed by atoms with Gasteiger partial charge in [-0.2, -0.15) is 0 Å². The van der Waals surface area contributed by atoms with Gasteiger partial charge in [-0.1, -0.05) is 51.1 Å². The van der Waals surface area contributed by atoms with Crippen molar-refractivity contribution >= 4 is 0 Å². The lowest BCUT2D eigenvalue weighted by molar-refractivity contribution is 0.389. The van der Waals surface area contributed by atoms with Gasteiger partial charge in [0.1, 0.15) is 5.75 Å². The summed E-state index contributed by atoms with van der Waals surface area (Å²) in [6, 6.07) is 13.7. The molecule has 0 bridgehead atoms. The molecular weight excluding hydrogens is 240 g/mol. The monoisotopic (exact) mass is 260 g/mol. The van der Waals surface area contributed by atoms with Gasteiger partial charge in [0.15, 0.2) is 11.5 Å². The van der Waals surface area contributed by atoms with Crippen molar-refractivity contribution in [2.75, 3.05) is 0 Å². The number of aromatic hydroxyl groups is 3. The SMILES string of the molecule is CC(C)(C)c1cccc(O)c1O.Oc1ccccc1. The third-order valence-electron chi connectivity index (χ3n) is 2.58. The molecule has 0 saturated heterocycles. The van der Waals surface area contributed by atoms with Gasteiger partial charge in [0.25, 0.3) is 0 Å². The molecule has 0 amide bonds. The van der Waals surface area contributed by atoms with Crippen LogP contribution >= 0.6 is 0 Å². The van der Waals surface area contributed by atoms with Crippen molar-refractivity contribution in [1.82, 2.24) is 0 Å². The van der Waals surface area contributed by atoms with E-state index in [-0.39, 0.29) is 16.9 Å². The lowest BCUT2D eigenvalue weighted by atomic mass is 9.86. The maximum atomic E-state index is 9.48. The van der Waals surface area contributed by atoms with Crippen LogP contribution in [0.15, 0.2) is 48.5 Å². The van der Waals surface area contributed by atoms with Gasteiger partial charge in [0.05, 0.1) is 0 Å². The minimum absolute atomic E-state index is 0.00926. The van der Waals surface area contributed by atoms with Crippen LogP contribution in [-0.2, 0) is 5.41 Å². The molecule has 2 rings (SSSR count). The van der Waals surface area contributed by atoms with E-state index >= 15 is 0 Å². The molecule has 0 spiro atoms. The Bertz CT molecular complexity index is 513. The fourth-order valence-corrected chi connectivity index (χ4v) is 1.56. The summed E-state index contributed by atoms with van der Waals surface area (Å²) in [7, 11) is 0. The van der Waals surface area contributed by atoms with Crippen LogP contribution in [0.4, 0.5) is 0 Å². The third kappa shape index (κ3) is 4.54. The number of rotatable bonds is 0. The van der Waals surface area contributed by atoms with Crippen molar-refractivity contribution in [2.45, 2.75) is 26.2 Å². The third-order valence-corrected chi connectivity index (χ3v) is 2.58. The highest BCUT2D eigenvalue weighted by molar-refractivity contribution is 5.47. The topological polar surface area (TPSA) is 60.7 Å². The summed E-state index contributed by atoms with van der Waals surface area (Å²) < 4.78 is 0. The Kier molecular flexibility index (Phi) is 4.81. The number of benzene rings is 2. The average Bonchev–Trinajstić information content (AvgIpc) is 2.33. The van der Waals surface area contributed by atoms with E-state index in [1.165, 1.54) is 6.07 Å². The molecule has 0 radical (unpaired) electrons. The number of para-hydroxylation sites is 2. The summed E-state index contributed by atoms with van der Waals surface area (Å²) in [5, 5.41) is 27.3. The Morgan fingerprint density at radius 3 is 1.68 bits per heavy atom. The molecule has 0 aromatic heterocycles. The van der Waals surface area contributed by atoms with Gasteiger partial charge in [-0.05, 0) is 23.6 Å². The van der Waals surface area contributed by atoms with Gasteiger partial charge in [0, 0.05) is 5.56 Å². The van der Waals surface area contributed by atoms with Crippen LogP contribution in [-0.4, -0.2) is 15.3 Å². The summed E-state index contributed by atoms with van der Waals surface area (Å²) in [5.41, 5.74) is 0.630. The minimum Gasteiger partial charge on any atom is -0.508 e. The second kappa shape index (κ2) is 6.14. The Morgan fingerprint density at radius 1 is 0.737 bits per heavy atom. The van der Waals surface area contributed by atoms with Crippen LogP contribution in [0.5, 0.6) is 17.2 Å². The molecule has 0 aliphatic carbocycles. The molecule has 2 aromatic rings. The molecule has 19 heavy (non-hydrogen) atoms. The van der Waals surface area contributed by atoms with Gasteiger partial charge in [-0.3, -0.25) is 0 Å². The molecule has 0 fully saturated rings. The summed E-state index contributed by atoms with van der Waals surface area (Å²) in [6.45, 7) is 5.96. The summed E-state index contributed by atoms with van der Waals surface area (Å²) >= 11 is 0. The zero-order chi connectivity index (χ0) is 14.5.